The molecule has 138 valence electrons. The molecule has 1 aromatic heterocycles. The molecule has 2 N–H and O–H groups in total. The zero-order chi connectivity index (χ0) is 19.4. The summed E-state index contributed by atoms with van der Waals surface area (Å²) in [7, 11) is 0. The molecule has 3 rings (SSSR count). The van der Waals surface area contributed by atoms with Crippen molar-refractivity contribution in [2.45, 2.75) is 19.0 Å². The first-order valence-electron chi connectivity index (χ1n) is 8.45. The number of benzene rings is 2. The maximum atomic E-state index is 13.8. The van der Waals surface area contributed by atoms with Gasteiger partial charge in [-0.05, 0) is 41.6 Å². The fraction of sp³-hybridized carbons (Fsp3) is 0.143. The van der Waals surface area contributed by atoms with E-state index in [2.05, 4.69) is 0 Å². The summed E-state index contributed by atoms with van der Waals surface area (Å²) in [5.41, 5.74) is 6.90. The van der Waals surface area contributed by atoms with Gasteiger partial charge >= 0.3 is 0 Å². The number of amides is 2. The third-order valence-corrected chi connectivity index (χ3v) is 5.24. The quantitative estimate of drug-likeness (QED) is 0.690. The number of primary amides is 1. The number of thiophene rings is 1. The van der Waals surface area contributed by atoms with Gasteiger partial charge in [0.05, 0.1) is 10.9 Å². The molecule has 0 fully saturated rings. The Labute approximate surface area is 161 Å². The summed E-state index contributed by atoms with van der Waals surface area (Å²) < 4.78 is 13.8. The molecule has 0 bridgehead atoms. The number of nitrogens with zero attached hydrogens (tertiary/aromatic N) is 1. The minimum Gasteiger partial charge on any atom is -0.368 e. The highest BCUT2D eigenvalue weighted by Crippen LogP contribution is 2.33. The van der Waals surface area contributed by atoms with Crippen molar-refractivity contribution < 1.29 is 14.0 Å². The lowest BCUT2D eigenvalue weighted by Gasteiger charge is -2.35. The average Bonchev–Trinajstić information content (AvgIpc) is 3.20. The van der Waals surface area contributed by atoms with Gasteiger partial charge in [0, 0.05) is 0 Å². The summed E-state index contributed by atoms with van der Waals surface area (Å²) in [6.07, 6.45) is 0. The third-order valence-electron chi connectivity index (χ3n) is 4.38. The van der Waals surface area contributed by atoms with Crippen molar-refractivity contribution in [3.63, 3.8) is 0 Å². The van der Waals surface area contributed by atoms with Gasteiger partial charge in [0.25, 0.3) is 5.91 Å². The minimum absolute atomic E-state index is 0.325. The van der Waals surface area contributed by atoms with E-state index < -0.39 is 23.8 Å². The van der Waals surface area contributed by atoms with E-state index in [0.29, 0.717) is 16.0 Å². The Morgan fingerprint density at radius 3 is 2.30 bits per heavy atom. The van der Waals surface area contributed by atoms with E-state index in [-0.39, 0.29) is 5.91 Å². The monoisotopic (exact) mass is 382 g/mol. The maximum Gasteiger partial charge on any atom is 0.265 e. The maximum absolute atomic E-state index is 13.8. The average molecular weight is 382 g/mol. The Kier molecular flexibility index (Phi) is 5.66. The number of halogens is 1. The van der Waals surface area contributed by atoms with E-state index in [1.165, 1.54) is 28.4 Å². The van der Waals surface area contributed by atoms with Gasteiger partial charge in [-0.1, -0.05) is 48.5 Å². The number of hydrogen-bond acceptors (Lipinski definition) is 3. The summed E-state index contributed by atoms with van der Waals surface area (Å²) >= 11 is 1.28. The molecule has 0 saturated carbocycles. The van der Waals surface area contributed by atoms with Crippen LogP contribution in [0.25, 0.3) is 0 Å². The first-order valence-corrected chi connectivity index (χ1v) is 9.33. The van der Waals surface area contributed by atoms with Gasteiger partial charge in [-0.3, -0.25) is 9.59 Å². The number of carbonyl (C=O) groups is 2. The van der Waals surface area contributed by atoms with Gasteiger partial charge in [0.2, 0.25) is 5.91 Å². The molecule has 0 aliphatic heterocycles. The lowest BCUT2D eigenvalue weighted by Crippen LogP contribution is -2.43. The van der Waals surface area contributed by atoms with Gasteiger partial charge < -0.3 is 10.6 Å². The van der Waals surface area contributed by atoms with Crippen LogP contribution in [0.2, 0.25) is 0 Å². The molecule has 0 saturated heterocycles. The predicted molar refractivity (Wildman–Crippen MR) is 104 cm³/mol. The van der Waals surface area contributed by atoms with E-state index in [0.717, 1.165) is 0 Å². The Bertz CT molecular complexity index is 928. The van der Waals surface area contributed by atoms with E-state index in [1.807, 2.05) is 6.07 Å². The standard InChI is InChI=1S/C21H19FN2O2S/c1-14(16-9-5-10-17(22)13-16)24(21(26)18-11-6-12-27-18)19(20(23)25)15-7-3-2-4-8-15/h2-14,19H,1H3,(H2,23,25)/t14-,19-/m1/s1. The third kappa shape index (κ3) is 4.06. The Morgan fingerprint density at radius 1 is 1.00 bits per heavy atom. The predicted octanol–water partition coefficient (Wildman–Crippen LogP) is 4.32. The molecule has 1 heterocycles. The molecule has 0 aliphatic rings. The Morgan fingerprint density at radius 2 is 1.70 bits per heavy atom. The molecular formula is C21H19FN2O2S. The number of rotatable bonds is 6. The van der Waals surface area contributed by atoms with Crippen LogP contribution in [0.3, 0.4) is 0 Å². The van der Waals surface area contributed by atoms with Crippen molar-refractivity contribution in [3.8, 4) is 0 Å². The van der Waals surface area contributed by atoms with Crippen LogP contribution in [0.1, 0.15) is 39.8 Å². The second-order valence-corrected chi connectivity index (χ2v) is 7.08. The largest absolute Gasteiger partial charge is 0.368 e. The molecule has 4 nitrogen and oxygen atoms in total. The first-order chi connectivity index (χ1) is 13.0. The van der Waals surface area contributed by atoms with E-state index in [4.69, 9.17) is 5.73 Å². The van der Waals surface area contributed by atoms with Gasteiger partial charge in [0.1, 0.15) is 11.9 Å². The van der Waals surface area contributed by atoms with Crippen molar-refractivity contribution >= 4 is 23.2 Å². The number of carbonyl (C=O) groups excluding carboxylic acids is 2. The summed E-state index contributed by atoms with van der Waals surface area (Å²) in [5, 5.41) is 1.79. The molecule has 0 radical (unpaired) electrons. The second-order valence-electron chi connectivity index (χ2n) is 6.14. The zero-order valence-corrected chi connectivity index (χ0v) is 15.5. The molecule has 6 heteroatoms. The van der Waals surface area contributed by atoms with E-state index in [1.54, 1.807) is 60.8 Å². The molecule has 2 atom stereocenters. The summed E-state index contributed by atoms with van der Waals surface area (Å²) in [6.45, 7) is 1.76. The van der Waals surface area contributed by atoms with Crippen LogP contribution >= 0.6 is 11.3 Å². The molecule has 27 heavy (non-hydrogen) atoms. The molecule has 0 unspecified atom stereocenters. The van der Waals surface area contributed by atoms with Crippen LogP contribution in [0.5, 0.6) is 0 Å². The Balaban J connectivity index is 2.11. The zero-order valence-electron chi connectivity index (χ0n) is 14.7. The number of hydrogen-bond donors (Lipinski definition) is 1. The van der Waals surface area contributed by atoms with Crippen molar-refractivity contribution in [3.05, 3.63) is 93.9 Å². The molecule has 0 spiro atoms. The summed E-state index contributed by atoms with van der Waals surface area (Å²) in [6, 6.07) is 16.8. The topological polar surface area (TPSA) is 63.4 Å². The number of nitrogens with two attached hydrogens (primary N) is 1. The normalized spacial score (nSPS) is 13.0. The first kappa shape index (κ1) is 18.8. The molecule has 2 aromatic carbocycles. The molecular weight excluding hydrogens is 363 g/mol. The lowest BCUT2D eigenvalue weighted by atomic mass is 9.99. The fourth-order valence-corrected chi connectivity index (χ4v) is 3.74. The highest BCUT2D eigenvalue weighted by molar-refractivity contribution is 7.12. The minimum atomic E-state index is -0.973. The lowest BCUT2D eigenvalue weighted by molar-refractivity contribution is -0.123. The Hall–Kier alpha value is -2.99. The van der Waals surface area contributed by atoms with Crippen LogP contribution in [0.15, 0.2) is 72.1 Å². The smallest absolute Gasteiger partial charge is 0.265 e. The SMILES string of the molecule is C[C@H](c1cccc(F)c1)N(C(=O)c1cccs1)[C@@H](C(N)=O)c1ccccc1. The van der Waals surface area contributed by atoms with Gasteiger partial charge in [0.15, 0.2) is 0 Å². The second kappa shape index (κ2) is 8.14. The van der Waals surface area contributed by atoms with Crippen molar-refractivity contribution in [1.29, 1.82) is 0 Å². The van der Waals surface area contributed by atoms with Crippen LogP contribution in [-0.2, 0) is 4.79 Å². The summed E-state index contributed by atoms with van der Waals surface area (Å²) in [5.74, 6) is -1.37. The van der Waals surface area contributed by atoms with Crippen molar-refractivity contribution in [1.82, 2.24) is 4.90 Å². The molecule has 0 aliphatic carbocycles. The van der Waals surface area contributed by atoms with Crippen LogP contribution in [0.4, 0.5) is 4.39 Å². The van der Waals surface area contributed by atoms with Crippen molar-refractivity contribution in [2.75, 3.05) is 0 Å². The van der Waals surface area contributed by atoms with Crippen molar-refractivity contribution in [2.24, 2.45) is 5.73 Å². The fourth-order valence-electron chi connectivity index (χ4n) is 3.07. The van der Waals surface area contributed by atoms with Gasteiger partial charge in [-0.2, -0.15) is 0 Å². The van der Waals surface area contributed by atoms with Gasteiger partial charge in [-0.15, -0.1) is 11.3 Å². The molecule has 2 amide bonds. The highest BCUT2D eigenvalue weighted by atomic mass is 32.1. The van der Waals surface area contributed by atoms with Gasteiger partial charge in [-0.25, -0.2) is 4.39 Å². The highest BCUT2D eigenvalue weighted by Gasteiger charge is 2.35. The van der Waals surface area contributed by atoms with Crippen LogP contribution in [-0.4, -0.2) is 16.7 Å². The van der Waals surface area contributed by atoms with E-state index in [9.17, 15) is 14.0 Å². The van der Waals surface area contributed by atoms with Crippen LogP contribution in [0, 0.1) is 5.82 Å². The van der Waals surface area contributed by atoms with E-state index >= 15 is 0 Å². The van der Waals surface area contributed by atoms with Crippen LogP contribution < -0.4 is 5.73 Å². The molecule has 3 aromatic rings. The summed E-state index contributed by atoms with van der Waals surface area (Å²) in [4.78, 5) is 27.6.